The quantitative estimate of drug-likeness (QED) is 0.107. The van der Waals surface area contributed by atoms with Gasteiger partial charge >= 0.3 is 0 Å². The number of halogens is 1. The second-order valence-corrected chi connectivity index (χ2v) is 22.8. The Labute approximate surface area is 396 Å². The minimum atomic E-state index is 0.0215. The van der Waals surface area contributed by atoms with Gasteiger partial charge in [0.05, 0.1) is 0 Å². The van der Waals surface area contributed by atoms with Gasteiger partial charge in [0.15, 0.2) is 0 Å². The van der Waals surface area contributed by atoms with Crippen molar-refractivity contribution >= 4 is 37.5 Å². The predicted octanol–water partition coefficient (Wildman–Crippen LogP) is 19.4. The van der Waals surface area contributed by atoms with Crippen LogP contribution in [0, 0.1) is 17.8 Å². The summed E-state index contributed by atoms with van der Waals surface area (Å²) < 4.78 is 1.16. The molecule has 4 aliphatic carbocycles. The van der Waals surface area contributed by atoms with Crippen LogP contribution in [-0.2, 0) is 23.7 Å². The Morgan fingerprint density at radius 3 is 1.47 bits per heavy atom. The van der Waals surface area contributed by atoms with Crippen LogP contribution < -0.4 is 0 Å². The molecule has 0 radical (unpaired) electrons. The summed E-state index contributed by atoms with van der Waals surface area (Å²) in [4.78, 5) is 0. The minimum Gasteiger partial charge on any atom is -0.0654 e. The zero-order valence-corrected chi connectivity index (χ0v) is 42.2. The van der Waals surface area contributed by atoms with Gasteiger partial charge in [0, 0.05) is 15.3 Å². The first-order valence-electron chi connectivity index (χ1n) is 26.1. The van der Waals surface area contributed by atoms with Crippen molar-refractivity contribution in [1.82, 2.24) is 0 Å². The van der Waals surface area contributed by atoms with Crippen LogP contribution in [-0.4, -0.2) is 0 Å². The Hall–Kier alpha value is -3.68. The summed E-state index contributed by atoms with van der Waals surface area (Å²) in [6.07, 6.45) is 24.7. The molecule has 0 spiro atoms. The second-order valence-electron chi connectivity index (χ2n) is 21.8. The van der Waals surface area contributed by atoms with Crippen molar-refractivity contribution in [3.63, 3.8) is 0 Å². The number of rotatable bonds is 12. The highest BCUT2D eigenvalue weighted by Crippen LogP contribution is 2.52. The van der Waals surface area contributed by atoms with E-state index < -0.39 is 0 Å². The van der Waals surface area contributed by atoms with Gasteiger partial charge in [-0.05, 0) is 183 Å². The molecule has 0 aliphatic heterocycles. The Morgan fingerprint density at radius 1 is 0.469 bits per heavy atom. The Morgan fingerprint density at radius 2 is 0.953 bits per heavy atom. The van der Waals surface area contributed by atoms with Crippen LogP contribution in [0.1, 0.15) is 196 Å². The molecule has 64 heavy (non-hydrogen) atoms. The van der Waals surface area contributed by atoms with E-state index in [0.29, 0.717) is 0 Å². The molecule has 0 aromatic heterocycles. The fourth-order valence-electron chi connectivity index (χ4n) is 13.4. The summed E-state index contributed by atoms with van der Waals surface area (Å²) in [6, 6.07) is 38.0. The largest absolute Gasteiger partial charge is 0.0654 e. The molecule has 0 saturated heterocycles. The van der Waals surface area contributed by atoms with Gasteiger partial charge in [-0.3, -0.25) is 0 Å². The van der Waals surface area contributed by atoms with E-state index in [0.717, 1.165) is 28.1 Å². The number of fused-ring (bicyclic) bond motifs is 4. The van der Waals surface area contributed by atoms with Crippen molar-refractivity contribution in [3.05, 3.63) is 140 Å². The molecule has 0 bridgehead atoms. The lowest BCUT2D eigenvalue weighted by molar-refractivity contribution is 0.156. The number of hydrogen-bond acceptors (Lipinski definition) is 0. The molecule has 4 aliphatic rings. The average Bonchev–Trinajstić information content (AvgIpc) is 3.31. The van der Waals surface area contributed by atoms with Crippen molar-refractivity contribution in [2.24, 2.45) is 17.8 Å². The number of benzene rings is 6. The van der Waals surface area contributed by atoms with Crippen LogP contribution in [0.2, 0.25) is 0 Å². The van der Waals surface area contributed by atoms with Gasteiger partial charge in [-0.1, -0.05) is 201 Å². The summed E-state index contributed by atoms with van der Waals surface area (Å²) in [5, 5.41) is 5.93. The van der Waals surface area contributed by atoms with Gasteiger partial charge < -0.3 is 0 Å². The number of unbranched alkanes of at least 4 members (excludes halogenated alkanes) is 4. The summed E-state index contributed by atoms with van der Waals surface area (Å²) >= 11 is 3.67. The molecule has 0 N–H and O–H groups in total. The first-order valence-corrected chi connectivity index (χ1v) is 26.9. The third kappa shape index (κ3) is 8.59. The van der Waals surface area contributed by atoms with Crippen LogP contribution in [0.5, 0.6) is 0 Å². The van der Waals surface area contributed by atoms with Crippen molar-refractivity contribution < 1.29 is 0 Å². The first-order chi connectivity index (χ1) is 31.0. The van der Waals surface area contributed by atoms with Crippen LogP contribution in [0.25, 0.3) is 43.8 Å². The highest BCUT2D eigenvalue weighted by atomic mass is 79.9. The zero-order valence-electron chi connectivity index (χ0n) is 40.7. The first kappa shape index (κ1) is 45.5. The van der Waals surface area contributed by atoms with Gasteiger partial charge in [-0.25, -0.2) is 0 Å². The average molecular weight is 914 g/mol. The lowest BCUT2D eigenvalue weighted by Crippen LogP contribution is -2.26. The molecule has 0 nitrogen and oxygen atoms in total. The Kier molecular flexibility index (Phi) is 13.7. The third-order valence-electron chi connectivity index (χ3n) is 17.2. The summed E-state index contributed by atoms with van der Waals surface area (Å²) in [6.45, 7) is 16.6. The van der Waals surface area contributed by atoms with Gasteiger partial charge in [0.1, 0.15) is 0 Å². The summed E-state index contributed by atoms with van der Waals surface area (Å²) in [5.74, 6) is 3.79. The molecule has 0 unspecified atom stereocenters. The molecule has 6 aromatic rings. The van der Waals surface area contributed by atoms with Crippen LogP contribution >= 0.6 is 15.9 Å². The van der Waals surface area contributed by atoms with Gasteiger partial charge in [-0.15, -0.1) is 0 Å². The van der Waals surface area contributed by atoms with Gasteiger partial charge in [0.2, 0.25) is 0 Å². The maximum atomic E-state index is 3.67. The van der Waals surface area contributed by atoms with Crippen molar-refractivity contribution in [3.8, 4) is 22.3 Å². The molecule has 1 heteroatoms. The van der Waals surface area contributed by atoms with Crippen LogP contribution in [0.15, 0.2) is 102 Å². The Bertz CT molecular complexity index is 2590. The molecule has 2 saturated carbocycles. The van der Waals surface area contributed by atoms with Crippen LogP contribution in [0.4, 0.5) is 0 Å². The smallest absolute Gasteiger partial charge is 0.0178 e. The van der Waals surface area contributed by atoms with Crippen LogP contribution in [0.3, 0.4) is 0 Å². The van der Waals surface area contributed by atoms with E-state index in [1.165, 1.54) is 187 Å². The highest BCUT2D eigenvalue weighted by Gasteiger charge is 2.37. The molecule has 336 valence electrons. The zero-order chi connectivity index (χ0) is 44.6. The second kappa shape index (κ2) is 19.3. The molecule has 6 aromatic carbocycles. The lowest BCUT2D eigenvalue weighted by atomic mass is 9.66. The predicted molar refractivity (Wildman–Crippen MR) is 282 cm³/mol. The fraction of sp³-hybridized carbons (Fsp3) is 0.492. The summed E-state index contributed by atoms with van der Waals surface area (Å²) in [5.41, 5.74) is 16.4. The molecule has 0 amide bonds. The molecule has 10 rings (SSSR count). The SMILES string of the molecule is CCCCCc1ccc2c3c(cccc13)C(C)(C)c1cc(Br)ccc1-2.CCCCCc1ccc2c3c(cccc13)C(C)(C)c1cc(C3CCC(C4CCC(CCC)CC4)CC3)ccc1-2. The highest BCUT2D eigenvalue weighted by molar-refractivity contribution is 9.10. The molecular weight excluding hydrogens is 837 g/mol. The van der Waals surface area contributed by atoms with Crippen molar-refractivity contribution in [1.29, 1.82) is 0 Å². The van der Waals surface area contributed by atoms with E-state index in [2.05, 4.69) is 161 Å². The van der Waals surface area contributed by atoms with E-state index in [1.54, 1.807) is 11.1 Å². The van der Waals surface area contributed by atoms with Crippen molar-refractivity contribution in [2.45, 2.75) is 181 Å². The van der Waals surface area contributed by atoms with E-state index in [9.17, 15) is 0 Å². The topological polar surface area (TPSA) is 0 Å². The Balaban J connectivity index is 0.000000178. The third-order valence-corrected chi connectivity index (χ3v) is 17.7. The van der Waals surface area contributed by atoms with Crippen molar-refractivity contribution in [2.75, 3.05) is 0 Å². The van der Waals surface area contributed by atoms with E-state index in [-0.39, 0.29) is 10.8 Å². The standard InChI is InChI=1S/C39H52.C24H25Br/c1-5-7-8-11-31-22-25-35-34-24-23-32(26-37(34)39(3,4)36-13-9-12-33(31)38(35)36)30-20-18-29(19-21-30)28-16-14-27(10-6-2)15-17-28;1-4-5-6-8-16-11-13-20-19-14-12-17(25)15-22(19)24(2,3)21-10-7-9-18(16)23(20)21/h9,12-13,22-30H,5-8,10-11,14-21H2,1-4H3;7,9-15H,4-6,8H2,1-3H3. The normalized spacial score (nSPS) is 21.5. The van der Waals surface area contributed by atoms with E-state index >= 15 is 0 Å². The molecule has 0 heterocycles. The maximum absolute atomic E-state index is 3.67. The number of hydrogen-bond donors (Lipinski definition) is 0. The summed E-state index contributed by atoms with van der Waals surface area (Å²) in [7, 11) is 0. The lowest BCUT2D eigenvalue weighted by Gasteiger charge is -2.39. The van der Waals surface area contributed by atoms with E-state index in [4.69, 9.17) is 0 Å². The van der Waals surface area contributed by atoms with Gasteiger partial charge in [-0.2, -0.15) is 0 Å². The molecule has 0 atom stereocenters. The maximum Gasteiger partial charge on any atom is 0.0178 e. The van der Waals surface area contributed by atoms with Gasteiger partial charge in [0.25, 0.3) is 0 Å². The molecular formula is C63H77Br. The monoisotopic (exact) mass is 913 g/mol. The fourth-order valence-corrected chi connectivity index (χ4v) is 13.8. The van der Waals surface area contributed by atoms with E-state index in [1.807, 2.05) is 0 Å². The molecule has 2 fully saturated rings. The minimum absolute atomic E-state index is 0.0215. The number of aryl methyl sites for hydroxylation is 2.